The van der Waals surface area contributed by atoms with Gasteiger partial charge in [-0.05, 0) is 32.0 Å². The molecular weight excluding hydrogens is 296 g/mol. The van der Waals surface area contributed by atoms with Crippen molar-refractivity contribution in [3.05, 3.63) is 40.8 Å². The number of nitrogens with one attached hydrogen (secondary N) is 2. The molecule has 2 heterocycles. The van der Waals surface area contributed by atoms with E-state index in [2.05, 4.69) is 10.6 Å². The second kappa shape index (κ2) is 4.25. The van der Waals surface area contributed by atoms with Crippen LogP contribution in [0, 0.1) is 0 Å². The van der Waals surface area contributed by atoms with E-state index in [0.29, 0.717) is 27.7 Å². The van der Waals surface area contributed by atoms with Crippen molar-refractivity contribution in [2.75, 3.05) is 10.6 Å². The van der Waals surface area contributed by atoms with Crippen LogP contribution in [0.3, 0.4) is 0 Å². The topological polar surface area (TPSA) is 91.6 Å². The van der Waals surface area contributed by atoms with Crippen LogP contribution in [0.4, 0.5) is 11.4 Å². The smallest absolute Gasteiger partial charge is 0.346 e. The molecule has 6 heteroatoms. The fourth-order valence-corrected chi connectivity index (χ4v) is 2.95. The highest BCUT2D eigenvalue weighted by atomic mass is 16.4. The van der Waals surface area contributed by atoms with Gasteiger partial charge in [0, 0.05) is 5.39 Å². The third-order valence-corrected chi connectivity index (χ3v) is 4.14. The van der Waals surface area contributed by atoms with Crippen LogP contribution in [0.2, 0.25) is 0 Å². The van der Waals surface area contributed by atoms with E-state index >= 15 is 0 Å². The molecule has 6 nitrogen and oxygen atoms in total. The summed E-state index contributed by atoms with van der Waals surface area (Å²) in [6.45, 7) is 3.51. The van der Waals surface area contributed by atoms with Gasteiger partial charge in [0.2, 0.25) is 5.91 Å². The SMILES string of the molecule is CC1(C)Nc2ccc3c(c2NC1=O)c(=O)oc1cccc(O)c13. The van der Waals surface area contributed by atoms with Gasteiger partial charge in [-0.3, -0.25) is 4.79 Å². The lowest BCUT2D eigenvalue weighted by molar-refractivity contribution is -0.119. The molecule has 0 atom stereocenters. The molecule has 0 radical (unpaired) electrons. The predicted octanol–water partition coefficient (Wildman–Crippen LogP) is 2.79. The summed E-state index contributed by atoms with van der Waals surface area (Å²) < 4.78 is 5.31. The van der Waals surface area contributed by atoms with Gasteiger partial charge in [-0.15, -0.1) is 0 Å². The maximum Gasteiger partial charge on any atom is 0.346 e. The van der Waals surface area contributed by atoms with Crippen molar-refractivity contribution in [1.29, 1.82) is 0 Å². The van der Waals surface area contributed by atoms with Crippen LogP contribution in [0.25, 0.3) is 21.7 Å². The van der Waals surface area contributed by atoms with Gasteiger partial charge in [0.05, 0.1) is 22.1 Å². The Morgan fingerprint density at radius 2 is 1.87 bits per heavy atom. The molecule has 0 spiro atoms. The first-order chi connectivity index (χ1) is 10.9. The van der Waals surface area contributed by atoms with Crippen LogP contribution < -0.4 is 16.3 Å². The number of phenolic OH excluding ortho intramolecular Hbond substituents is 1. The molecule has 3 N–H and O–H groups in total. The van der Waals surface area contributed by atoms with E-state index in [-0.39, 0.29) is 17.0 Å². The average molecular weight is 310 g/mol. The molecule has 0 saturated carbocycles. The Hall–Kier alpha value is -3.02. The standard InChI is InChI=1S/C17H14N2O4/c1-17(2)16(22)18-14-9(19-17)7-6-8-12-10(20)4-3-5-11(12)23-15(21)13(8)14/h3-7,19-20H,1-2H3,(H,18,22). The lowest BCUT2D eigenvalue weighted by Crippen LogP contribution is -2.47. The molecule has 0 unspecified atom stereocenters. The Labute approximate surface area is 130 Å². The van der Waals surface area contributed by atoms with Crippen molar-refractivity contribution in [1.82, 2.24) is 0 Å². The maximum atomic E-state index is 12.4. The van der Waals surface area contributed by atoms with Crippen LogP contribution in [-0.2, 0) is 4.79 Å². The van der Waals surface area contributed by atoms with Gasteiger partial charge in [0.15, 0.2) is 0 Å². The van der Waals surface area contributed by atoms with Crippen LogP contribution >= 0.6 is 0 Å². The molecule has 3 aromatic rings. The van der Waals surface area contributed by atoms with E-state index in [1.165, 1.54) is 6.07 Å². The number of anilines is 2. The molecule has 1 amide bonds. The molecule has 1 aliphatic rings. The average Bonchev–Trinajstić information content (AvgIpc) is 2.48. The zero-order valence-electron chi connectivity index (χ0n) is 12.6. The number of hydrogen-bond donors (Lipinski definition) is 3. The monoisotopic (exact) mass is 310 g/mol. The number of carbonyl (C=O) groups is 1. The van der Waals surface area contributed by atoms with Crippen LogP contribution in [0.15, 0.2) is 39.5 Å². The first-order valence-electron chi connectivity index (χ1n) is 7.19. The molecular formula is C17H14N2O4. The Kier molecular flexibility index (Phi) is 2.52. The maximum absolute atomic E-state index is 12.4. The van der Waals surface area contributed by atoms with Crippen LogP contribution in [-0.4, -0.2) is 16.6 Å². The normalized spacial score (nSPS) is 16.0. The number of rotatable bonds is 0. The molecule has 0 aliphatic carbocycles. The summed E-state index contributed by atoms with van der Waals surface area (Å²) in [6, 6.07) is 8.28. The highest BCUT2D eigenvalue weighted by Gasteiger charge is 2.34. The number of amides is 1. The van der Waals surface area contributed by atoms with Gasteiger partial charge < -0.3 is 20.2 Å². The van der Waals surface area contributed by atoms with Crippen molar-refractivity contribution < 1.29 is 14.3 Å². The third-order valence-electron chi connectivity index (χ3n) is 4.14. The molecule has 116 valence electrons. The van der Waals surface area contributed by atoms with E-state index in [4.69, 9.17) is 4.42 Å². The Bertz CT molecular complexity index is 1050. The number of aromatic hydroxyl groups is 1. The zero-order chi connectivity index (χ0) is 16.4. The number of phenols is 1. The summed E-state index contributed by atoms with van der Waals surface area (Å²) >= 11 is 0. The predicted molar refractivity (Wildman–Crippen MR) is 88.0 cm³/mol. The van der Waals surface area contributed by atoms with Gasteiger partial charge >= 0.3 is 5.63 Å². The van der Waals surface area contributed by atoms with Gasteiger partial charge in [-0.1, -0.05) is 12.1 Å². The van der Waals surface area contributed by atoms with E-state index in [1.807, 2.05) is 0 Å². The molecule has 23 heavy (non-hydrogen) atoms. The number of benzene rings is 2. The highest BCUT2D eigenvalue weighted by Crippen LogP contribution is 2.39. The first-order valence-corrected chi connectivity index (χ1v) is 7.19. The fraction of sp³-hybridized carbons (Fsp3) is 0.176. The van der Waals surface area contributed by atoms with E-state index < -0.39 is 11.2 Å². The third kappa shape index (κ3) is 1.81. The van der Waals surface area contributed by atoms with Crippen molar-refractivity contribution in [3.8, 4) is 5.75 Å². The molecule has 0 fully saturated rings. The summed E-state index contributed by atoms with van der Waals surface area (Å²) in [6.07, 6.45) is 0. The zero-order valence-corrected chi connectivity index (χ0v) is 12.6. The minimum absolute atomic E-state index is 0.0200. The molecule has 0 saturated heterocycles. The second-order valence-electron chi connectivity index (χ2n) is 6.15. The Balaban J connectivity index is 2.16. The number of fused-ring (bicyclic) bond motifs is 5. The fourth-order valence-electron chi connectivity index (χ4n) is 2.95. The van der Waals surface area contributed by atoms with Gasteiger partial charge in [0.1, 0.15) is 16.9 Å². The van der Waals surface area contributed by atoms with Gasteiger partial charge in [-0.2, -0.15) is 0 Å². The number of hydrogen-bond acceptors (Lipinski definition) is 5. The Morgan fingerprint density at radius 1 is 1.09 bits per heavy atom. The lowest BCUT2D eigenvalue weighted by Gasteiger charge is -2.33. The van der Waals surface area contributed by atoms with E-state index in [0.717, 1.165) is 0 Å². The van der Waals surface area contributed by atoms with Gasteiger partial charge in [0.25, 0.3) is 0 Å². The quantitative estimate of drug-likeness (QED) is 0.439. The summed E-state index contributed by atoms with van der Waals surface area (Å²) in [5.41, 5.74) is -0.00984. The Morgan fingerprint density at radius 3 is 2.65 bits per heavy atom. The number of carbonyl (C=O) groups excluding carboxylic acids is 1. The summed E-state index contributed by atoms with van der Waals surface area (Å²) in [5.74, 6) is -0.221. The highest BCUT2D eigenvalue weighted by molar-refractivity contribution is 6.18. The molecule has 1 aromatic heterocycles. The van der Waals surface area contributed by atoms with Crippen molar-refractivity contribution in [2.24, 2.45) is 0 Å². The molecule has 1 aliphatic heterocycles. The minimum Gasteiger partial charge on any atom is -0.507 e. The van der Waals surface area contributed by atoms with Crippen molar-refractivity contribution in [3.63, 3.8) is 0 Å². The molecule has 0 bridgehead atoms. The first kappa shape index (κ1) is 13.6. The van der Waals surface area contributed by atoms with E-state index in [1.54, 1.807) is 38.1 Å². The molecule has 4 rings (SSSR count). The minimum atomic E-state index is -0.778. The van der Waals surface area contributed by atoms with Crippen molar-refractivity contribution >= 4 is 39.0 Å². The van der Waals surface area contributed by atoms with Crippen LogP contribution in [0.5, 0.6) is 5.75 Å². The van der Waals surface area contributed by atoms with E-state index in [9.17, 15) is 14.7 Å². The summed E-state index contributed by atoms with van der Waals surface area (Å²) in [4.78, 5) is 24.6. The van der Waals surface area contributed by atoms with Crippen LogP contribution in [0.1, 0.15) is 13.8 Å². The van der Waals surface area contributed by atoms with Crippen molar-refractivity contribution in [2.45, 2.75) is 19.4 Å². The summed E-state index contributed by atoms with van der Waals surface area (Å²) in [5, 5.41) is 17.3. The largest absolute Gasteiger partial charge is 0.507 e. The van der Waals surface area contributed by atoms with Gasteiger partial charge in [-0.25, -0.2) is 4.79 Å². The molecule has 2 aromatic carbocycles. The summed E-state index contributed by atoms with van der Waals surface area (Å²) in [7, 11) is 0. The lowest BCUT2D eigenvalue weighted by atomic mass is 9.97. The second-order valence-corrected chi connectivity index (χ2v) is 6.15.